The summed E-state index contributed by atoms with van der Waals surface area (Å²) in [6, 6.07) is 8.83. The average molecular weight is 276 g/mol. The quantitative estimate of drug-likeness (QED) is 0.827. The zero-order valence-corrected chi connectivity index (χ0v) is 13.4. The lowest BCUT2D eigenvalue weighted by molar-refractivity contribution is 0.139. The van der Waals surface area contributed by atoms with Crippen molar-refractivity contribution in [2.24, 2.45) is 0 Å². The Kier molecular flexibility index (Phi) is 4.71. The molecule has 1 aliphatic rings. The van der Waals surface area contributed by atoms with Gasteiger partial charge in [0.2, 0.25) is 0 Å². The molecule has 0 spiro atoms. The molecule has 1 atom stereocenters. The first-order valence-corrected chi connectivity index (χ1v) is 7.62. The molecule has 1 fully saturated rings. The number of nitrogens with one attached hydrogen (secondary N) is 1. The predicted molar refractivity (Wildman–Crippen MR) is 84.3 cm³/mol. The molecule has 0 aliphatic heterocycles. The maximum Gasteiger partial charge on any atom is 0.120 e. The predicted octanol–water partition coefficient (Wildman–Crippen LogP) is 3.22. The number of rotatable bonds is 7. The van der Waals surface area contributed by atoms with Gasteiger partial charge >= 0.3 is 0 Å². The molecule has 1 aliphatic carbocycles. The van der Waals surface area contributed by atoms with Crippen molar-refractivity contribution in [1.82, 2.24) is 10.2 Å². The molecule has 3 nitrogen and oxygen atoms in total. The van der Waals surface area contributed by atoms with Crippen molar-refractivity contribution in [2.75, 3.05) is 20.6 Å². The minimum Gasteiger partial charge on any atom is -0.490 e. The molecule has 0 bridgehead atoms. The lowest BCUT2D eigenvalue weighted by Gasteiger charge is -2.41. The minimum atomic E-state index is 0.0359. The van der Waals surface area contributed by atoms with Crippen LogP contribution in [0.15, 0.2) is 24.3 Å². The molecule has 0 heterocycles. The van der Waals surface area contributed by atoms with Crippen LogP contribution in [-0.4, -0.2) is 37.2 Å². The van der Waals surface area contributed by atoms with Crippen LogP contribution >= 0.6 is 0 Å². The number of benzene rings is 1. The zero-order valence-electron chi connectivity index (χ0n) is 13.4. The van der Waals surface area contributed by atoms with Crippen LogP contribution in [0.5, 0.6) is 5.75 Å². The van der Waals surface area contributed by atoms with E-state index >= 15 is 0 Å². The Balaban J connectivity index is 2.23. The largest absolute Gasteiger partial charge is 0.490 e. The fourth-order valence-electron chi connectivity index (χ4n) is 2.38. The Morgan fingerprint density at radius 1 is 1.35 bits per heavy atom. The van der Waals surface area contributed by atoms with Crippen molar-refractivity contribution >= 4 is 0 Å². The molecule has 0 amide bonds. The van der Waals surface area contributed by atoms with Crippen molar-refractivity contribution < 1.29 is 4.74 Å². The Bertz CT molecular complexity index is 438. The van der Waals surface area contributed by atoms with Crippen LogP contribution in [0.4, 0.5) is 0 Å². The monoisotopic (exact) mass is 276 g/mol. The van der Waals surface area contributed by atoms with Gasteiger partial charge in [-0.25, -0.2) is 0 Å². The summed E-state index contributed by atoms with van der Waals surface area (Å²) in [6.45, 7) is 7.66. The molecule has 1 N–H and O–H groups in total. The Morgan fingerprint density at radius 2 is 2.05 bits per heavy atom. The van der Waals surface area contributed by atoms with Crippen LogP contribution in [0.1, 0.15) is 45.2 Å². The first kappa shape index (κ1) is 15.3. The normalized spacial score (nSPS) is 17.3. The molecule has 20 heavy (non-hydrogen) atoms. The van der Waals surface area contributed by atoms with E-state index in [0.717, 1.165) is 12.3 Å². The Labute approximate surface area is 123 Å². The van der Waals surface area contributed by atoms with Crippen LogP contribution in [-0.2, 0) is 0 Å². The molecule has 1 aromatic rings. The van der Waals surface area contributed by atoms with Crippen molar-refractivity contribution in [3.8, 4) is 5.75 Å². The van der Waals surface area contributed by atoms with Gasteiger partial charge in [-0.05, 0) is 65.0 Å². The maximum absolute atomic E-state index is 5.93. The van der Waals surface area contributed by atoms with Gasteiger partial charge in [0.05, 0.1) is 12.1 Å². The minimum absolute atomic E-state index is 0.0359. The van der Waals surface area contributed by atoms with Gasteiger partial charge < -0.3 is 15.0 Å². The average Bonchev–Trinajstić information content (AvgIpc) is 3.19. The molecular weight excluding hydrogens is 248 g/mol. The number of nitrogens with zero attached hydrogens (tertiary/aromatic N) is 1. The second-order valence-corrected chi connectivity index (χ2v) is 6.43. The fraction of sp³-hybridized carbons (Fsp3) is 0.647. The zero-order chi connectivity index (χ0) is 14.8. The van der Waals surface area contributed by atoms with Gasteiger partial charge in [-0.1, -0.05) is 19.1 Å². The van der Waals surface area contributed by atoms with Gasteiger partial charge in [0.1, 0.15) is 5.75 Å². The highest BCUT2D eigenvalue weighted by molar-refractivity contribution is 5.32. The highest BCUT2D eigenvalue weighted by Gasteiger charge is 2.32. The molecule has 1 saturated carbocycles. The molecule has 0 saturated heterocycles. The molecule has 112 valence electrons. The van der Waals surface area contributed by atoms with Crippen molar-refractivity contribution in [3.63, 3.8) is 0 Å². The SMILES string of the molecule is CCNC(c1cccc(OC2CC2)c1)C(C)(C)N(C)C. The van der Waals surface area contributed by atoms with Crippen molar-refractivity contribution in [2.45, 2.75) is 51.3 Å². The van der Waals surface area contributed by atoms with Gasteiger partial charge in [0.25, 0.3) is 0 Å². The molecule has 0 aromatic heterocycles. The van der Waals surface area contributed by atoms with E-state index in [4.69, 9.17) is 4.74 Å². The van der Waals surface area contributed by atoms with E-state index in [9.17, 15) is 0 Å². The van der Waals surface area contributed by atoms with Gasteiger partial charge in [-0.2, -0.15) is 0 Å². The van der Waals surface area contributed by atoms with Crippen molar-refractivity contribution in [3.05, 3.63) is 29.8 Å². The van der Waals surface area contributed by atoms with E-state index < -0.39 is 0 Å². The fourth-order valence-corrected chi connectivity index (χ4v) is 2.38. The van der Waals surface area contributed by atoms with E-state index in [1.165, 1.54) is 18.4 Å². The summed E-state index contributed by atoms with van der Waals surface area (Å²) in [4.78, 5) is 2.27. The van der Waals surface area contributed by atoms with E-state index in [1.807, 2.05) is 0 Å². The van der Waals surface area contributed by atoms with E-state index in [2.05, 4.69) is 69.3 Å². The molecular formula is C17H28N2O. The smallest absolute Gasteiger partial charge is 0.120 e. The number of hydrogen-bond acceptors (Lipinski definition) is 3. The maximum atomic E-state index is 5.93. The van der Waals surface area contributed by atoms with E-state index in [0.29, 0.717) is 6.10 Å². The summed E-state index contributed by atoms with van der Waals surface area (Å²) in [5.74, 6) is 1.00. The lowest BCUT2D eigenvalue weighted by Crippen LogP contribution is -2.49. The standard InChI is InChI=1S/C17H28N2O/c1-6-18-16(17(2,3)19(4)5)13-8-7-9-15(12-13)20-14-10-11-14/h7-9,12,14,16,18H,6,10-11H2,1-5H3. The highest BCUT2D eigenvalue weighted by atomic mass is 16.5. The first-order valence-electron chi connectivity index (χ1n) is 7.62. The summed E-state index contributed by atoms with van der Waals surface area (Å²) in [7, 11) is 4.27. The summed E-state index contributed by atoms with van der Waals surface area (Å²) in [5.41, 5.74) is 1.33. The Hall–Kier alpha value is -1.06. The molecule has 2 rings (SSSR count). The van der Waals surface area contributed by atoms with Crippen molar-refractivity contribution in [1.29, 1.82) is 0 Å². The second kappa shape index (κ2) is 6.15. The number of likely N-dealkylation sites (N-methyl/N-ethyl adjacent to an activating group) is 2. The molecule has 1 aromatic carbocycles. The second-order valence-electron chi connectivity index (χ2n) is 6.43. The van der Waals surface area contributed by atoms with Gasteiger partial charge in [-0.15, -0.1) is 0 Å². The van der Waals surface area contributed by atoms with E-state index in [-0.39, 0.29) is 11.6 Å². The van der Waals surface area contributed by atoms with E-state index in [1.54, 1.807) is 0 Å². The highest BCUT2D eigenvalue weighted by Crippen LogP contribution is 2.33. The van der Waals surface area contributed by atoms with Gasteiger partial charge in [0.15, 0.2) is 0 Å². The van der Waals surface area contributed by atoms with Crippen LogP contribution in [0.2, 0.25) is 0 Å². The summed E-state index contributed by atoms with van der Waals surface area (Å²) in [6.07, 6.45) is 2.85. The summed E-state index contributed by atoms with van der Waals surface area (Å²) in [5, 5.41) is 3.62. The summed E-state index contributed by atoms with van der Waals surface area (Å²) < 4.78 is 5.93. The van der Waals surface area contributed by atoms with Crippen LogP contribution in [0.25, 0.3) is 0 Å². The van der Waals surface area contributed by atoms with Crippen LogP contribution in [0, 0.1) is 0 Å². The van der Waals surface area contributed by atoms with Crippen LogP contribution < -0.4 is 10.1 Å². The van der Waals surface area contributed by atoms with Gasteiger partial charge in [-0.3, -0.25) is 0 Å². The van der Waals surface area contributed by atoms with Gasteiger partial charge in [0, 0.05) is 5.54 Å². The lowest BCUT2D eigenvalue weighted by atomic mass is 9.87. The number of hydrogen-bond donors (Lipinski definition) is 1. The third-order valence-electron chi connectivity index (χ3n) is 4.29. The molecule has 1 unspecified atom stereocenters. The molecule has 3 heteroatoms. The first-order chi connectivity index (χ1) is 9.45. The number of ether oxygens (including phenoxy) is 1. The third-order valence-corrected chi connectivity index (χ3v) is 4.29. The topological polar surface area (TPSA) is 24.5 Å². The van der Waals surface area contributed by atoms with Crippen LogP contribution in [0.3, 0.4) is 0 Å². The molecule has 0 radical (unpaired) electrons. The Morgan fingerprint density at radius 3 is 2.60 bits per heavy atom. The summed E-state index contributed by atoms with van der Waals surface area (Å²) >= 11 is 0. The third kappa shape index (κ3) is 3.53.